The summed E-state index contributed by atoms with van der Waals surface area (Å²) in [6.45, 7) is 11.6. The van der Waals surface area contributed by atoms with Gasteiger partial charge >= 0.3 is 5.97 Å². The molecule has 0 unspecified atom stereocenters. The summed E-state index contributed by atoms with van der Waals surface area (Å²) in [4.78, 5) is 39.8. The minimum atomic E-state index is -0.463. The highest BCUT2D eigenvalue weighted by atomic mass is 19.1. The summed E-state index contributed by atoms with van der Waals surface area (Å²) < 4.78 is 21.6. The Morgan fingerprint density at radius 3 is 2.38 bits per heavy atom. The largest absolute Gasteiger partial charge is 0.455 e. The summed E-state index contributed by atoms with van der Waals surface area (Å²) in [5.74, 6) is -0.944. The number of carbonyl (C=O) groups excluding carboxylic acids is 3. The molecular weight excluding hydrogens is 439 g/mol. The SMILES string of the molecule is CC(=O)c1ccc(N2CCN(C(=O)COC(=O)Cc3c(C)nn(CC(C)C)c3C)CC2)c(F)c1. The number of amides is 1. The van der Waals surface area contributed by atoms with Crippen molar-refractivity contribution in [2.45, 2.75) is 47.6 Å². The molecule has 1 aliphatic rings. The third kappa shape index (κ3) is 6.01. The monoisotopic (exact) mass is 472 g/mol. The number of aromatic nitrogens is 2. The number of ketones is 1. The fraction of sp³-hybridized carbons (Fsp3) is 0.520. The maximum absolute atomic E-state index is 14.4. The molecule has 184 valence electrons. The molecule has 1 aliphatic heterocycles. The van der Waals surface area contributed by atoms with Gasteiger partial charge in [-0.2, -0.15) is 5.10 Å². The Hall–Kier alpha value is -3.23. The summed E-state index contributed by atoms with van der Waals surface area (Å²) in [6.07, 6.45) is 0.0757. The molecule has 2 aromatic rings. The lowest BCUT2D eigenvalue weighted by atomic mass is 10.1. The van der Waals surface area contributed by atoms with Crippen molar-refractivity contribution in [1.29, 1.82) is 0 Å². The average Bonchev–Trinajstić information content (AvgIpc) is 3.04. The van der Waals surface area contributed by atoms with E-state index >= 15 is 0 Å². The van der Waals surface area contributed by atoms with Crippen LogP contribution in [0.2, 0.25) is 0 Å². The van der Waals surface area contributed by atoms with Gasteiger partial charge in [-0.1, -0.05) is 13.8 Å². The van der Waals surface area contributed by atoms with E-state index in [4.69, 9.17) is 4.74 Å². The fourth-order valence-corrected chi connectivity index (χ4v) is 4.12. The van der Waals surface area contributed by atoms with Gasteiger partial charge in [-0.3, -0.25) is 19.1 Å². The molecule has 0 aliphatic carbocycles. The van der Waals surface area contributed by atoms with Gasteiger partial charge in [0.15, 0.2) is 12.4 Å². The van der Waals surface area contributed by atoms with E-state index in [0.29, 0.717) is 43.3 Å². The first-order valence-electron chi connectivity index (χ1n) is 11.6. The molecule has 2 heterocycles. The third-order valence-electron chi connectivity index (χ3n) is 6.07. The van der Waals surface area contributed by atoms with Gasteiger partial charge in [0.1, 0.15) is 5.82 Å². The predicted octanol–water partition coefficient (Wildman–Crippen LogP) is 2.93. The number of halogens is 1. The number of piperazine rings is 1. The van der Waals surface area contributed by atoms with Crippen LogP contribution in [0.4, 0.5) is 10.1 Å². The predicted molar refractivity (Wildman–Crippen MR) is 126 cm³/mol. The van der Waals surface area contributed by atoms with Gasteiger partial charge in [-0.15, -0.1) is 0 Å². The first kappa shape index (κ1) is 25.4. The minimum Gasteiger partial charge on any atom is -0.455 e. The lowest BCUT2D eigenvalue weighted by molar-refractivity contribution is -0.151. The molecule has 0 radical (unpaired) electrons. The Morgan fingerprint density at radius 1 is 1.12 bits per heavy atom. The summed E-state index contributed by atoms with van der Waals surface area (Å²) in [5, 5.41) is 4.51. The molecule has 3 rings (SSSR count). The molecular formula is C25H33FN4O4. The van der Waals surface area contributed by atoms with Crippen molar-refractivity contribution in [2.24, 2.45) is 5.92 Å². The Bertz CT molecular complexity index is 1070. The van der Waals surface area contributed by atoms with Crippen LogP contribution in [0, 0.1) is 25.6 Å². The van der Waals surface area contributed by atoms with Crippen molar-refractivity contribution in [3.8, 4) is 0 Å². The molecule has 1 saturated heterocycles. The van der Waals surface area contributed by atoms with Gasteiger partial charge in [0.05, 0.1) is 17.8 Å². The lowest BCUT2D eigenvalue weighted by Gasteiger charge is -2.36. The van der Waals surface area contributed by atoms with E-state index < -0.39 is 11.8 Å². The van der Waals surface area contributed by atoms with Crippen molar-refractivity contribution in [2.75, 3.05) is 37.7 Å². The van der Waals surface area contributed by atoms with Crippen molar-refractivity contribution in [1.82, 2.24) is 14.7 Å². The van der Waals surface area contributed by atoms with Crippen LogP contribution in [-0.4, -0.2) is 65.1 Å². The van der Waals surface area contributed by atoms with Crippen LogP contribution in [0.1, 0.15) is 48.1 Å². The molecule has 0 bridgehead atoms. The zero-order chi connectivity index (χ0) is 25.0. The number of hydrogen-bond acceptors (Lipinski definition) is 6. The first-order valence-corrected chi connectivity index (χ1v) is 11.6. The van der Waals surface area contributed by atoms with Crippen molar-refractivity contribution in [3.63, 3.8) is 0 Å². The average molecular weight is 473 g/mol. The van der Waals surface area contributed by atoms with Crippen molar-refractivity contribution < 1.29 is 23.5 Å². The van der Waals surface area contributed by atoms with E-state index in [9.17, 15) is 18.8 Å². The third-order valence-corrected chi connectivity index (χ3v) is 6.07. The number of anilines is 1. The van der Waals surface area contributed by atoms with Crippen LogP contribution < -0.4 is 4.90 Å². The van der Waals surface area contributed by atoms with Crippen LogP contribution in [0.5, 0.6) is 0 Å². The van der Waals surface area contributed by atoms with E-state index in [-0.39, 0.29) is 24.7 Å². The smallest absolute Gasteiger partial charge is 0.310 e. The second kappa shape index (κ2) is 10.8. The maximum atomic E-state index is 14.4. The molecule has 34 heavy (non-hydrogen) atoms. The van der Waals surface area contributed by atoms with E-state index in [2.05, 4.69) is 18.9 Å². The first-order chi connectivity index (χ1) is 16.1. The number of carbonyl (C=O) groups is 3. The van der Waals surface area contributed by atoms with Crippen molar-refractivity contribution >= 4 is 23.3 Å². The minimum absolute atomic E-state index is 0.0757. The van der Waals surface area contributed by atoms with Crippen LogP contribution in [0.15, 0.2) is 18.2 Å². The fourth-order valence-electron chi connectivity index (χ4n) is 4.12. The van der Waals surface area contributed by atoms with Crippen molar-refractivity contribution in [3.05, 3.63) is 46.5 Å². The quantitative estimate of drug-likeness (QED) is 0.434. The van der Waals surface area contributed by atoms with E-state index in [1.54, 1.807) is 17.0 Å². The zero-order valence-electron chi connectivity index (χ0n) is 20.6. The number of rotatable bonds is 8. The molecule has 1 fully saturated rings. The second-order valence-corrected chi connectivity index (χ2v) is 9.15. The van der Waals surface area contributed by atoms with Gasteiger partial charge < -0.3 is 14.5 Å². The Labute approximate surface area is 199 Å². The highest BCUT2D eigenvalue weighted by molar-refractivity contribution is 5.94. The lowest BCUT2D eigenvalue weighted by Crippen LogP contribution is -2.50. The molecule has 0 saturated carbocycles. The maximum Gasteiger partial charge on any atom is 0.310 e. The molecule has 9 heteroatoms. The molecule has 0 N–H and O–H groups in total. The van der Waals surface area contributed by atoms with E-state index in [1.165, 1.54) is 13.0 Å². The van der Waals surface area contributed by atoms with Crippen LogP contribution in [0.3, 0.4) is 0 Å². The standard InChI is InChI=1S/C25H33FN4O4/c1-16(2)14-30-18(4)21(17(3)27-30)13-25(33)34-15-24(32)29-10-8-28(9-11-29)23-7-6-20(19(5)31)12-22(23)26/h6-7,12,16H,8-11,13-15H2,1-5H3. The number of benzene rings is 1. The number of esters is 1. The zero-order valence-corrected chi connectivity index (χ0v) is 20.6. The molecule has 1 amide bonds. The molecule has 0 spiro atoms. The Morgan fingerprint density at radius 2 is 1.79 bits per heavy atom. The number of nitrogens with zero attached hydrogens (tertiary/aromatic N) is 4. The highest BCUT2D eigenvalue weighted by Crippen LogP contribution is 2.22. The number of Topliss-reactive ketones (excluding diaryl/α,β-unsaturated/α-hetero) is 1. The Kier molecular flexibility index (Phi) is 8.06. The number of hydrogen-bond donors (Lipinski definition) is 0. The van der Waals surface area contributed by atoms with Gasteiger partial charge in [-0.25, -0.2) is 4.39 Å². The van der Waals surface area contributed by atoms with E-state index in [1.807, 2.05) is 23.4 Å². The van der Waals surface area contributed by atoms with E-state index in [0.717, 1.165) is 23.5 Å². The summed E-state index contributed by atoms with van der Waals surface area (Å²) in [5.41, 5.74) is 3.31. The molecule has 0 atom stereocenters. The number of aryl methyl sites for hydroxylation is 1. The highest BCUT2D eigenvalue weighted by Gasteiger charge is 2.24. The van der Waals surface area contributed by atoms with Gasteiger partial charge in [0.25, 0.3) is 5.91 Å². The van der Waals surface area contributed by atoms with Crippen LogP contribution in [0.25, 0.3) is 0 Å². The molecule has 1 aromatic carbocycles. The second-order valence-electron chi connectivity index (χ2n) is 9.15. The van der Waals surface area contributed by atoms with Crippen LogP contribution >= 0.6 is 0 Å². The number of ether oxygens (including phenoxy) is 1. The summed E-state index contributed by atoms with van der Waals surface area (Å²) in [6, 6.07) is 4.44. The van der Waals surface area contributed by atoms with Crippen LogP contribution in [-0.2, 0) is 27.3 Å². The Balaban J connectivity index is 1.49. The normalized spacial score (nSPS) is 14.0. The summed E-state index contributed by atoms with van der Waals surface area (Å²) >= 11 is 0. The van der Waals surface area contributed by atoms with Gasteiger partial charge in [-0.05, 0) is 44.9 Å². The topological polar surface area (TPSA) is 84.7 Å². The molecule has 8 nitrogen and oxygen atoms in total. The van der Waals surface area contributed by atoms with Gasteiger partial charge in [0.2, 0.25) is 0 Å². The molecule has 1 aromatic heterocycles. The summed E-state index contributed by atoms with van der Waals surface area (Å²) in [7, 11) is 0. The van der Waals surface area contributed by atoms with Gasteiger partial charge in [0, 0.05) is 49.5 Å².